The first-order chi connectivity index (χ1) is 9.11. The first-order valence-electron chi connectivity index (χ1n) is 7.12. The summed E-state index contributed by atoms with van der Waals surface area (Å²) in [6, 6.07) is 1.93. The molecular weight excluding hydrogens is 238 g/mol. The Kier molecular flexibility index (Phi) is 2.96. The molecule has 0 radical (unpaired) electrons. The van der Waals surface area contributed by atoms with Gasteiger partial charge >= 0.3 is 0 Å². The lowest BCUT2D eigenvalue weighted by Crippen LogP contribution is -2.42. The molecule has 0 bridgehead atoms. The summed E-state index contributed by atoms with van der Waals surface area (Å²) in [4.78, 5) is 17.0. The van der Waals surface area contributed by atoms with Gasteiger partial charge in [-0.2, -0.15) is 0 Å². The minimum absolute atomic E-state index is 0.168. The van der Waals surface area contributed by atoms with Crippen molar-refractivity contribution in [1.29, 1.82) is 0 Å². The summed E-state index contributed by atoms with van der Waals surface area (Å²) in [7, 11) is 0. The minimum Gasteiger partial charge on any atom is -0.367 e. The number of pyridine rings is 1. The summed E-state index contributed by atoms with van der Waals surface area (Å²) in [5.74, 6) is 1.72. The lowest BCUT2D eigenvalue weighted by molar-refractivity contribution is -0.126. The normalized spacial score (nSPS) is 30.2. The summed E-state index contributed by atoms with van der Waals surface area (Å²) in [5.41, 5.74) is 1.66. The number of nitrogens with zero attached hydrogens (tertiary/aromatic N) is 1. The second-order valence-corrected chi connectivity index (χ2v) is 6.12. The number of hydrogen-bond donors (Lipinski definition) is 2. The lowest BCUT2D eigenvalue weighted by atomic mass is 9.70. The fourth-order valence-corrected chi connectivity index (χ4v) is 3.15. The van der Waals surface area contributed by atoms with E-state index in [1.54, 1.807) is 6.20 Å². The highest BCUT2D eigenvalue weighted by Gasteiger charge is 2.42. The van der Waals surface area contributed by atoms with Gasteiger partial charge < -0.3 is 10.6 Å². The zero-order valence-corrected chi connectivity index (χ0v) is 11.6. The van der Waals surface area contributed by atoms with Gasteiger partial charge in [0.05, 0.1) is 11.1 Å². The van der Waals surface area contributed by atoms with Gasteiger partial charge in [-0.05, 0) is 50.2 Å². The number of aryl methyl sites for hydroxylation is 1. The summed E-state index contributed by atoms with van der Waals surface area (Å²) in [6.07, 6.45) is 6.00. The van der Waals surface area contributed by atoms with Crippen LogP contribution in [0.25, 0.3) is 0 Å². The van der Waals surface area contributed by atoms with Crippen molar-refractivity contribution >= 4 is 17.4 Å². The van der Waals surface area contributed by atoms with Gasteiger partial charge in [-0.15, -0.1) is 0 Å². The summed E-state index contributed by atoms with van der Waals surface area (Å²) in [5, 5.41) is 6.48. The summed E-state index contributed by atoms with van der Waals surface area (Å²) in [6.45, 7) is 4.98. The fraction of sp³-hybridized carbons (Fsp3) is 0.600. The highest BCUT2D eigenvalue weighted by Crippen LogP contribution is 2.42. The molecule has 3 rings (SSSR count). The maximum atomic E-state index is 12.6. The molecule has 1 amide bonds. The molecule has 1 fully saturated rings. The molecule has 0 unspecified atom stereocenters. The van der Waals surface area contributed by atoms with Gasteiger partial charge in [0.25, 0.3) is 0 Å². The fourth-order valence-electron chi connectivity index (χ4n) is 3.15. The Morgan fingerprint density at radius 3 is 2.84 bits per heavy atom. The van der Waals surface area contributed by atoms with Crippen LogP contribution >= 0.6 is 0 Å². The number of fused-ring (bicyclic) bond motifs is 1. The van der Waals surface area contributed by atoms with E-state index in [4.69, 9.17) is 0 Å². The molecule has 0 atom stereocenters. The van der Waals surface area contributed by atoms with Gasteiger partial charge in [0.2, 0.25) is 5.91 Å². The van der Waals surface area contributed by atoms with Crippen molar-refractivity contribution in [3.05, 3.63) is 17.8 Å². The molecule has 1 aliphatic carbocycles. The lowest BCUT2D eigenvalue weighted by Gasteiger charge is -2.36. The van der Waals surface area contributed by atoms with Gasteiger partial charge in [-0.3, -0.25) is 4.79 Å². The maximum absolute atomic E-state index is 12.6. The van der Waals surface area contributed by atoms with Crippen LogP contribution in [0.5, 0.6) is 0 Å². The molecule has 0 aromatic carbocycles. The van der Waals surface area contributed by atoms with Crippen molar-refractivity contribution in [3.8, 4) is 0 Å². The van der Waals surface area contributed by atoms with E-state index in [0.29, 0.717) is 6.54 Å². The van der Waals surface area contributed by atoms with E-state index in [1.165, 1.54) is 0 Å². The minimum atomic E-state index is -0.250. The van der Waals surface area contributed by atoms with Gasteiger partial charge in [0, 0.05) is 12.7 Å². The summed E-state index contributed by atoms with van der Waals surface area (Å²) < 4.78 is 0. The third-order valence-corrected chi connectivity index (χ3v) is 4.71. The second kappa shape index (κ2) is 4.51. The molecule has 2 aliphatic rings. The quantitative estimate of drug-likeness (QED) is 0.753. The molecule has 1 aliphatic heterocycles. The highest BCUT2D eigenvalue weighted by molar-refractivity contribution is 6.00. The van der Waals surface area contributed by atoms with Crippen molar-refractivity contribution in [1.82, 2.24) is 4.98 Å². The molecular formula is C15H21N3O. The molecule has 1 aromatic rings. The van der Waals surface area contributed by atoms with Crippen molar-refractivity contribution < 1.29 is 4.79 Å². The Bertz CT molecular complexity index is 504. The van der Waals surface area contributed by atoms with E-state index in [-0.39, 0.29) is 11.3 Å². The monoisotopic (exact) mass is 259 g/mol. The first-order valence-corrected chi connectivity index (χ1v) is 7.12. The average Bonchev–Trinajstić information content (AvgIpc) is 2.54. The molecule has 2 N–H and O–H groups in total. The topological polar surface area (TPSA) is 54.0 Å². The van der Waals surface area contributed by atoms with E-state index in [2.05, 4.69) is 22.5 Å². The Hall–Kier alpha value is -1.58. The number of nitrogens with one attached hydrogen (secondary N) is 2. The third kappa shape index (κ3) is 2.09. The van der Waals surface area contributed by atoms with E-state index < -0.39 is 0 Å². The van der Waals surface area contributed by atoms with Gasteiger partial charge in [0.1, 0.15) is 5.82 Å². The van der Waals surface area contributed by atoms with Crippen molar-refractivity contribution in [2.24, 2.45) is 11.3 Å². The van der Waals surface area contributed by atoms with Crippen molar-refractivity contribution in [2.45, 2.75) is 39.5 Å². The molecule has 1 saturated carbocycles. The third-order valence-electron chi connectivity index (χ3n) is 4.71. The van der Waals surface area contributed by atoms with Gasteiger partial charge in [-0.1, -0.05) is 6.92 Å². The Labute approximate surface area is 114 Å². The summed E-state index contributed by atoms with van der Waals surface area (Å²) >= 11 is 0. The standard InChI is InChI=1S/C15H21N3O/c1-10-3-6-15(7-4-10)9-17-13-12(18-14(15)19)11(2)5-8-16-13/h5,8,10H,3-4,6-7,9H2,1-2H3,(H,16,17)(H,18,19). The van der Waals surface area contributed by atoms with E-state index in [1.807, 2.05) is 13.0 Å². The molecule has 1 aromatic heterocycles. The molecule has 0 saturated heterocycles. The zero-order chi connectivity index (χ0) is 13.5. The van der Waals surface area contributed by atoms with Crippen molar-refractivity contribution in [2.75, 3.05) is 17.2 Å². The zero-order valence-electron chi connectivity index (χ0n) is 11.6. The number of rotatable bonds is 0. The second-order valence-electron chi connectivity index (χ2n) is 6.12. The molecule has 4 nitrogen and oxygen atoms in total. The van der Waals surface area contributed by atoms with Crippen LogP contribution in [0.1, 0.15) is 38.2 Å². The number of aromatic nitrogens is 1. The molecule has 4 heteroatoms. The van der Waals surface area contributed by atoms with E-state index >= 15 is 0 Å². The maximum Gasteiger partial charge on any atom is 0.232 e. The van der Waals surface area contributed by atoms with E-state index in [9.17, 15) is 4.79 Å². The number of amides is 1. The molecule has 2 heterocycles. The average molecular weight is 259 g/mol. The Balaban J connectivity index is 1.90. The van der Waals surface area contributed by atoms with Crippen molar-refractivity contribution in [3.63, 3.8) is 0 Å². The highest BCUT2D eigenvalue weighted by atomic mass is 16.2. The van der Waals surface area contributed by atoms with Crippen LogP contribution in [-0.4, -0.2) is 17.4 Å². The van der Waals surface area contributed by atoms with Gasteiger partial charge in [0.15, 0.2) is 0 Å². The molecule has 1 spiro atoms. The number of anilines is 2. The molecule has 19 heavy (non-hydrogen) atoms. The van der Waals surface area contributed by atoms with Crippen LogP contribution in [0.3, 0.4) is 0 Å². The Morgan fingerprint density at radius 2 is 2.11 bits per heavy atom. The van der Waals surface area contributed by atoms with E-state index in [0.717, 1.165) is 48.7 Å². The van der Waals surface area contributed by atoms with Gasteiger partial charge in [-0.25, -0.2) is 4.98 Å². The predicted molar refractivity (Wildman–Crippen MR) is 76.2 cm³/mol. The smallest absolute Gasteiger partial charge is 0.232 e. The Morgan fingerprint density at radius 1 is 1.37 bits per heavy atom. The first kappa shape index (κ1) is 12.5. The van der Waals surface area contributed by atoms with Crippen LogP contribution in [-0.2, 0) is 4.79 Å². The number of carbonyl (C=O) groups excluding carboxylic acids is 1. The van der Waals surface area contributed by atoms with Crippen LogP contribution in [0.15, 0.2) is 12.3 Å². The number of hydrogen-bond acceptors (Lipinski definition) is 3. The SMILES string of the molecule is Cc1ccnc2c1NC(=O)C1(CCC(C)CC1)CN2. The number of carbonyl (C=O) groups is 1. The van der Waals surface area contributed by atoms with Crippen LogP contribution in [0.4, 0.5) is 11.5 Å². The largest absolute Gasteiger partial charge is 0.367 e. The predicted octanol–water partition coefficient (Wildman–Crippen LogP) is 2.95. The van der Waals surface area contributed by atoms with Crippen LogP contribution in [0.2, 0.25) is 0 Å². The van der Waals surface area contributed by atoms with Crippen LogP contribution in [0, 0.1) is 18.3 Å². The van der Waals surface area contributed by atoms with Crippen LogP contribution < -0.4 is 10.6 Å². The molecule has 102 valence electrons.